The van der Waals surface area contributed by atoms with Crippen molar-refractivity contribution in [2.24, 2.45) is 16.8 Å². The van der Waals surface area contributed by atoms with Crippen molar-refractivity contribution in [3.05, 3.63) is 35.1 Å². The summed E-state index contributed by atoms with van der Waals surface area (Å²) in [5.74, 6) is 0.952. The SMILES string of the molecule is CC(C)C.CN=C(c1cc(F)ccc1C)C(C)C. The molecule has 0 radical (unpaired) electrons. The summed E-state index contributed by atoms with van der Waals surface area (Å²) < 4.78 is 13.1. The molecule has 0 spiro atoms. The van der Waals surface area contributed by atoms with Gasteiger partial charge in [-0.15, -0.1) is 0 Å². The van der Waals surface area contributed by atoms with Gasteiger partial charge in [0.25, 0.3) is 0 Å². The Morgan fingerprint density at radius 3 is 2.00 bits per heavy atom. The zero-order valence-corrected chi connectivity index (χ0v) is 12.7. The summed E-state index contributed by atoms with van der Waals surface area (Å²) in [5.41, 5.74) is 2.95. The summed E-state index contributed by atoms with van der Waals surface area (Å²) in [6.45, 7) is 12.6. The minimum atomic E-state index is -0.201. The lowest BCUT2D eigenvalue weighted by atomic mass is 9.96. The van der Waals surface area contributed by atoms with E-state index >= 15 is 0 Å². The molecule has 0 aliphatic rings. The fourth-order valence-corrected chi connectivity index (χ4v) is 1.56. The molecule has 0 unspecified atom stereocenters. The van der Waals surface area contributed by atoms with Crippen LogP contribution in [0.25, 0.3) is 0 Å². The Labute approximate surface area is 111 Å². The fraction of sp³-hybridized carbons (Fsp3) is 0.562. The Kier molecular flexibility index (Phi) is 7.49. The molecular formula is C16H26FN. The van der Waals surface area contributed by atoms with Gasteiger partial charge in [-0.1, -0.05) is 40.7 Å². The summed E-state index contributed by atoms with van der Waals surface area (Å²) in [6, 6.07) is 4.82. The molecule has 1 nitrogen and oxygen atoms in total. The molecule has 0 N–H and O–H groups in total. The van der Waals surface area contributed by atoms with Crippen molar-refractivity contribution in [3.8, 4) is 0 Å². The summed E-state index contributed by atoms with van der Waals surface area (Å²) in [6.07, 6.45) is 0. The van der Waals surface area contributed by atoms with Gasteiger partial charge in [-0.05, 0) is 36.5 Å². The van der Waals surface area contributed by atoms with E-state index in [1.54, 1.807) is 19.2 Å². The van der Waals surface area contributed by atoms with E-state index < -0.39 is 0 Å². The van der Waals surface area contributed by atoms with Crippen LogP contribution in [0.15, 0.2) is 23.2 Å². The van der Waals surface area contributed by atoms with Crippen molar-refractivity contribution in [2.45, 2.75) is 41.5 Å². The first-order chi connectivity index (χ1) is 8.29. The van der Waals surface area contributed by atoms with E-state index in [-0.39, 0.29) is 5.82 Å². The third kappa shape index (κ3) is 5.95. The molecule has 0 saturated carbocycles. The van der Waals surface area contributed by atoms with Crippen LogP contribution < -0.4 is 0 Å². The highest BCUT2D eigenvalue weighted by Crippen LogP contribution is 2.15. The van der Waals surface area contributed by atoms with Crippen LogP contribution >= 0.6 is 0 Å². The third-order valence-corrected chi connectivity index (χ3v) is 2.26. The highest BCUT2D eigenvalue weighted by Gasteiger charge is 2.10. The van der Waals surface area contributed by atoms with E-state index in [9.17, 15) is 4.39 Å². The lowest BCUT2D eigenvalue weighted by Gasteiger charge is -2.12. The van der Waals surface area contributed by atoms with Gasteiger partial charge in [0.1, 0.15) is 5.82 Å². The van der Waals surface area contributed by atoms with Crippen LogP contribution in [0, 0.1) is 24.6 Å². The average molecular weight is 251 g/mol. The lowest BCUT2D eigenvalue weighted by Crippen LogP contribution is -2.11. The van der Waals surface area contributed by atoms with Crippen molar-refractivity contribution in [2.75, 3.05) is 7.05 Å². The van der Waals surface area contributed by atoms with Gasteiger partial charge < -0.3 is 0 Å². The van der Waals surface area contributed by atoms with Crippen molar-refractivity contribution in [1.82, 2.24) is 0 Å². The molecule has 0 aliphatic carbocycles. The number of aryl methyl sites for hydroxylation is 1. The van der Waals surface area contributed by atoms with Gasteiger partial charge in [-0.25, -0.2) is 4.39 Å². The molecule has 1 aromatic rings. The molecule has 102 valence electrons. The van der Waals surface area contributed by atoms with Gasteiger partial charge in [-0.3, -0.25) is 4.99 Å². The monoisotopic (exact) mass is 251 g/mol. The zero-order chi connectivity index (χ0) is 14.3. The van der Waals surface area contributed by atoms with Crippen LogP contribution in [0.1, 0.15) is 45.7 Å². The van der Waals surface area contributed by atoms with Crippen LogP contribution in [-0.2, 0) is 0 Å². The van der Waals surface area contributed by atoms with Crippen molar-refractivity contribution < 1.29 is 4.39 Å². The largest absolute Gasteiger partial charge is 0.292 e. The van der Waals surface area contributed by atoms with Gasteiger partial charge in [-0.2, -0.15) is 0 Å². The van der Waals surface area contributed by atoms with E-state index in [1.165, 1.54) is 6.07 Å². The van der Waals surface area contributed by atoms with Gasteiger partial charge in [0.2, 0.25) is 0 Å². The first kappa shape index (κ1) is 16.8. The zero-order valence-electron chi connectivity index (χ0n) is 12.7. The lowest BCUT2D eigenvalue weighted by molar-refractivity contribution is 0.626. The van der Waals surface area contributed by atoms with Crippen molar-refractivity contribution in [3.63, 3.8) is 0 Å². The molecule has 1 rings (SSSR count). The summed E-state index contributed by atoms with van der Waals surface area (Å²) in [7, 11) is 1.75. The standard InChI is InChI=1S/C12H16FN.C4H10/c1-8(2)12(14-4)11-7-10(13)6-5-9(11)3;1-4(2)3/h5-8H,1-4H3;4H,1-3H3. The number of rotatable bonds is 2. The predicted octanol–water partition coefficient (Wildman–Crippen LogP) is 4.87. The van der Waals surface area contributed by atoms with Crippen LogP contribution in [0.3, 0.4) is 0 Å². The minimum Gasteiger partial charge on any atom is -0.292 e. The van der Waals surface area contributed by atoms with Gasteiger partial charge in [0.05, 0.1) is 0 Å². The van der Waals surface area contributed by atoms with Crippen molar-refractivity contribution in [1.29, 1.82) is 0 Å². The number of hydrogen-bond donors (Lipinski definition) is 0. The molecule has 18 heavy (non-hydrogen) atoms. The van der Waals surface area contributed by atoms with Crippen LogP contribution in [0.4, 0.5) is 4.39 Å². The Balaban J connectivity index is 0.000000631. The van der Waals surface area contributed by atoms with E-state index in [4.69, 9.17) is 0 Å². The molecule has 2 heteroatoms. The first-order valence-electron chi connectivity index (χ1n) is 6.52. The second kappa shape index (κ2) is 8.02. The summed E-state index contributed by atoms with van der Waals surface area (Å²) in [5, 5.41) is 0. The normalized spacial score (nSPS) is 11.6. The Bertz CT molecular complexity index is 389. The molecule has 0 aliphatic heterocycles. The Morgan fingerprint density at radius 1 is 1.11 bits per heavy atom. The van der Waals surface area contributed by atoms with E-state index in [1.807, 2.05) is 6.92 Å². The highest BCUT2D eigenvalue weighted by molar-refractivity contribution is 6.02. The number of nitrogens with zero attached hydrogens (tertiary/aromatic N) is 1. The number of benzene rings is 1. The molecule has 1 aromatic carbocycles. The smallest absolute Gasteiger partial charge is 0.123 e. The maximum absolute atomic E-state index is 13.1. The van der Waals surface area contributed by atoms with Crippen molar-refractivity contribution >= 4 is 5.71 Å². The van der Waals surface area contributed by atoms with Gasteiger partial charge in [0.15, 0.2) is 0 Å². The molecule has 0 amide bonds. The first-order valence-corrected chi connectivity index (χ1v) is 6.52. The van der Waals surface area contributed by atoms with Gasteiger partial charge in [0, 0.05) is 18.3 Å². The minimum absolute atomic E-state index is 0.201. The number of aliphatic imine (C=N–C) groups is 1. The van der Waals surface area contributed by atoms with E-state index in [0.717, 1.165) is 22.8 Å². The topological polar surface area (TPSA) is 12.4 Å². The van der Waals surface area contributed by atoms with Crippen LogP contribution in [0.2, 0.25) is 0 Å². The van der Waals surface area contributed by atoms with E-state index in [2.05, 4.69) is 39.6 Å². The molecule has 0 fully saturated rings. The third-order valence-electron chi connectivity index (χ3n) is 2.26. The Morgan fingerprint density at radius 2 is 1.61 bits per heavy atom. The molecule has 0 aromatic heterocycles. The van der Waals surface area contributed by atoms with E-state index in [0.29, 0.717) is 5.92 Å². The molecule has 0 saturated heterocycles. The molecular weight excluding hydrogens is 225 g/mol. The maximum atomic E-state index is 13.1. The fourth-order valence-electron chi connectivity index (χ4n) is 1.56. The van der Waals surface area contributed by atoms with Crippen LogP contribution in [0.5, 0.6) is 0 Å². The molecule has 0 atom stereocenters. The Hall–Kier alpha value is -1.18. The highest BCUT2D eigenvalue weighted by atomic mass is 19.1. The van der Waals surface area contributed by atoms with Crippen LogP contribution in [-0.4, -0.2) is 12.8 Å². The molecule has 0 bridgehead atoms. The summed E-state index contributed by atoms with van der Waals surface area (Å²) in [4.78, 5) is 4.21. The number of halogens is 1. The van der Waals surface area contributed by atoms with Gasteiger partial charge >= 0.3 is 0 Å². The second-order valence-electron chi connectivity index (χ2n) is 5.45. The second-order valence-corrected chi connectivity index (χ2v) is 5.45. The average Bonchev–Trinajstić information content (AvgIpc) is 2.23. The maximum Gasteiger partial charge on any atom is 0.123 e. The number of hydrogen-bond acceptors (Lipinski definition) is 1. The quantitative estimate of drug-likeness (QED) is 0.665. The predicted molar refractivity (Wildman–Crippen MR) is 78.9 cm³/mol. The summed E-state index contributed by atoms with van der Waals surface area (Å²) >= 11 is 0. The molecule has 0 heterocycles.